The lowest BCUT2D eigenvalue weighted by Gasteiger charge is -2.22. The van der Waals surface area contributed by atoms with Gasteiger partial charge in [-0.2, -0.15) is 0 Å². The molecule has 1 rings (SSSR count). The molecule has 0 fully saturated rings. The first kappa shape index (κ1) is 16.7. The van der Waals surface area contributed by atoms with Crippen LogP contribution in [0.3, 0.4) is 0 Å². The lowest BCUT2D eigenvalue weighted by Crippen LogP contribution is -2.25. The van der Waals surface area contributed by atoms with Crippen LogP contribution in [0.25, 0.3) is 0 Å². The van der Waals surface area contributed by atoms with Crippen LogP contribution < -0.4 is 0 Å². The molecule has 0 bridgehead atoms. The fourth-order valence-corrected chi connectivity index (χ4v) is 2.31. The Balaban J connectivity index is 2.68. The molecule has 0 aliphatic carbocycles. The van der Waals surface area contributed by atoms with Crippen molar-refractivity contribution in [3.8, 4) is 0 Å². The van der Waals surface area contributed by atoms with Crippen molar-refractivity contribution in [1.82, 2.24) is 0 Å². The lowest BCUT2D eigenvalue weighted by atomic mass is 9.91. The molecule has 1 atom stereocenters. The number of carbonyl (C=O) groups excluding carboxylic acids is 1. The van der Waals surface area contributed by atoms with Crippen molar-refractivity contribution in [2.24, 2.45) is 5.92 Å². The zero-order chi connectivity index (χ0) is 15.3. The summed E-state index contributed by atoms with van der Waals surface area (Å²) >= 11 is 0. The van der Waals surface area contributed by atoms with Crippen molar-refractivity contribution in [3.05, 3.63) is 34.9 Å². The number of carbonyl (C=O) groups is 1. The summed E-state index contributed by atoms with van der Waals surface area (Å²) in [6, 6.07) is 6.52. The van der Waals surface area contributed by atoms with Gasteiger partial charge in [-0.05, 0) is 58.1 Å². The molecule has 0 amide bonds. The first-order valence-corrected chi connectivity index (χ1v) is 7.49. The van der Waals surface area contributed by atoms with Crippen LogP contribution in [-0.2, 0) is 16.0 Å². The lowest BCUT2D eigenvalue weighted by molar-refractivity contribution is -0.156. The summed E-state index contributed by atoms with van der Waals surface area (Å²) in [6.07, 6.45) is 2.44. The maximum absolute atomic E-state index is 11.9. The molecule has 0 aliphatic rings. The second kappa shape index (κ2) is 6.92. The molecule has 0 radical (unpaired) electrons. The van der Waals surface area contributed by atoms with Crippen LogP contribution in [0.1, 0.15) is 57.2 Å². The Hall–Kier alpha value is -1.31. The molecule has 1 aromatic carbocycles. The Morgan fingerprint density at radius 3 is 2.45 bits per heavy atom. The molecule has 2 nitrogen and oxygen atoms in total. The molecule has 0 saturated heterocycles. The zero-order valence-electron chi connectivity index (χ0n) is 13.7. The topological polar surface area (TPSA) is 26.3 Å². The minimum Gasteiger partial charge on any atom is -0.460 e. The van der Waals surface area contributed by atoms with Crippen LogP contribution >= 0.6 is 0 Å². The van der Waals surface area contributed by atoms with E-state index in [0.29, 0.717) is 12.3 Å². The summed E-state index contributed by atoms with van der Waals surface area (Å²) in [5.74, 6) is 0.264. The smallest absolute Gasteiger partial charge is 0.306 e. The third-order valence-corrected chi connectivity index (χ3v) is 3.47. The monoisotopic (exact) mass is 276 g/mol. The summed E-state index contributed by atoms with van der Waals surface area (Å²) in [5.41, 5.74) is 3.53. The normalized spacial score (nSPS) is 13.1. The third-order valence-electron chi connectivity index (χ3n) is 3.47. The summed E-state index contributed by atoms with van der Waals surface area (Å²) in [6.45, 7) is 12.1. The maximum atomic E-state index is 11.9. The maximum Gasteiger partial charge on any atom is 0.306 e. The fourth-order valence-electron chi connectivity index (χ4n) is 2.31. The molecule has 1 aromatic rings. The van der Waals surface area contributed by atoms with Crippen LogP contribution in [0.2, 0.25) is 0 Å². The Kier molecular flexibility index (Phi) is 5.79. The molecule has 0 aromatic heterocycles. The Labute approximate surface area is 123 Å². The highest BCUT2D eigenvalue weighted by atomic mass is 16.6. The van der Waals surface area contributed by atoms with Crippen LogP contribution in [0.4, 0.5) is 0 Å². The minimum absolute atomic E-state index is 0.0883. The van der Waals surface area contributed by atoms with Gasteiger partial charge in [-0.3, -0.25) is 4.79 Å². The summed E-state index contributed by atoms with van der Waals surface area (Å²) < 4.78 is 5.42. The number of aryl methyl sites for hydroxylation is 2. The number of ether oxygens (including phenoxy) is 1. The molecule has 20 heavy (non-hydrogen) atoms. The summed E-state index contributed by atoms with van der Waals surface area (Å²) in [4.78, 5) is 11.9. The van der Waals surface area contributed by atoms with Gasteiger partial charge in [0.25, 0.3) is 0 Å². The van der Waals surface area contributed by atoms with Crippen molar-refractivity contribution >= 4 is 5.97 Å². The van der Waals surface area contributed by atoms with E-state index in [-0.39, 0.29) is 5.97 Å². The molecule has 1 unspecified atom stereocenters. The van der Waals surface area contributed by atoms with E-state index >= 15 is 0 Å². The highest BCUT2D eigenvalue weighted by Gasteiger charge is 2.20. The predicted molar refractivity (Wildman–Crippen MR) is 83.9 cm³/mol. The second-order valence-corrected chi connectivity index (χ2v) is 6.70. The molecule has 0 aliphatic heterocycles. The number of esters is 1. The van der Waals surface area contributed by atoms with Gasteiger partial charge in [0.05, 0.1) is 0 Å². The number of benzene rings is 1. The first-order chi connectivity index (χ1) is 9.21. The van der Waals surface area contributed by atoms with Gasteiger partial charge in [0, 0.05) is 6.42 Å². The second-order valence-electron chi connectivity index (χ2n) is 6.70. The Morgan fingerprint density at radius 1 is 1.25 bits per heavy atom. The quantitative estimate of drug-likeness (QED) is 0.734. The van der Waals surface area contributed by atoms with E-state index in [1.807, 2.05) is 20.8 Å². The molecule has 2 heteroatoms. The fraction of sp³-hybridized carbons (Fsp3) is 0.611. The van der Waals surface area contributed by atoms with Crippen LogP contribution in [-0.4, -0.2) is 11.6 Å². The van der Waals surface area contributed by atoms with Gasteiger partial charge in [-0.1, -0.05) is 37.1 Å². The number of rotatable bonds is 5. The SMILES string of the molecule is CCC(CC(=O)OC(C)(C)C)Cc1cc(C)ccc1C. The third kappa shape index (κ3) is 5.77. The molecular formula is C18H28O2. The average Bonchev–Trinajstić information content (AvgIpc) is 2.30. The van der Waals surface area contributed by atoms with Gasteiger partial charge >= 0.3 is 5.97 Å². The molecule has 0 heterocycles. The summed E-state index contributed by atoms with van der Waals surface area (Å²) in [5, 5.41) is 0. The standard InChI is InChI=1S/C18H28O2/c1-7-15(12-17(19)20-18(4,5)6)11-16-10-13(2)8-9-14(16)3/h8-10,15H,7,11-12H2,1-6H3. The van der Waals surface area contributed by atoms with Crippen LogP contribution in [0.15, 0.2) is 18.2 Å². The van der Waals surface area contributed by atoms with Crippen molar-refractivity contribution in [3.63, 3.8) is 0 Å². The van der Waals surface area contributed by atoms with E-state index in [0.717, 1.165) is 12.8 Å². The van der Waals surface area contributed by atoms with Crippen LogP contribution in [0.5, 0.6) is 0 Å². The average molecular weight is 276 g/mol. The van der Waals surface area contributed by atoms with Gasteiger partial charge in [0.1, 0.15) is 5.60 Å². The number of hydrogen-bond donors (Lipinski definition) is 0. The van der Waals surface area contributed by atoms with Crippen molar-refractivity contribution in [1.29, 1.82) is 0 Å². The van der Waals surface area contributed by atoms with E-state index in [9.17, 15) is 4.79 Å². The van der Waals surface area contributed by atoms with Crippen molar-refractivity contribution in [2.75, 3.05) is 0 Å². The van der Waals surface area contributed by atoms with Gasteiger partial charge in [-0.25, -0.2) is 0 Å². The molecule has 112 valence electrons. The van der Waals surface area contributed by atoms with E-state index in [1.165, 1.54) is 16.7 Å². The molecular weight excluding hydrogens is 248 g/mol. The van der Waals surface area contributed by atoms with Gasteiger partial charge in [0.15, 0.2) is 0 Å². The highest BCUT2D eigenvalue weighted by molar-refractivity contribution is 5.70. The predicted octanol–water partition coefficient (Wildman–Crippen LogP) is 4.60. The highest BCUT2D eigenvalue weighted by Crippen LogP contribution is 2.21. The van der Waals surface area contributed by atoms with E-state index in [2.05, 4.69) is 39.0 Å². The van der Waals surface area contributed by atoms with Crippen LogP contribution in [0, 0.1) is 19.8 Å². The van der Waals surface area contributed by atoms with E-state index < -0.39 is 5.60 Å². The largest absolute Gasteiger partial charge is 0.460 e. The van der Waals surface area contributed by atoms with E-state index in [1.54, 1.807) is 0 Å². The number of hydrogen-bond acceptors (Lipinski definition) is 2. The van der Waals surface area contributed by atoms with Gasteiger partial charge < -0.3 is 4.74 Å². The Bertz CT molecular complexity index is 455. The molecule has 0 spiro atoms. The minimum atomic E-state index is -0.394. The first-order valence-electron chi connectivity index (χ1n) is 7.49. The molecule has 0 N–H and O–H groups in total. The van der Waals surface area contributed by atoms with Crippen molar-refractivity contribution in [2.45, 2.75) is 66.4 Å². The Morgan fingerprint density at radius 2 is 1.90 bits per heavy atom. The summed E-state index contributed by atoms with van der Waals surface area (Å²) in [7, 11) is 0. The zero-order valence-corrected chi connectivity index (χ0v) is 13.7. The van der Waals surface area contributed by atoms with Crippen molar-refractivity contribution < 1.29 is 9.53 Å². The molecule has 0 saturated carbocycles. The van der Waals surface area contributed by atoms with Gasteiger partial charge in [-0.15, -0.1) is 0 Å². The van der Waals surface area contributed by atoms with Gasteiger partial charge in [0.2, 0.25) is 0 Å². The van der Waals surface area contributed by atoms with E-state index in [4.69, 9.17) is 4.74 Å².